The standard InChI is InChI=1S/C17H32O5Si/c1-16(2,3)15(19)22-14-10-9-12(18)13(21-14)11-20-23(7,8)17(4,5)6/h9-10,12-14,18H,11H2,1-8H3/t12-,13-,14-/m1/s1. The molecule has 0 bridgehead atoms. The van der Waals surface area contributed by atoms with Crippen molar-refractivity contribution in [3.8, 4) is 0 Å². The topological polar surface area (TPSA) is 65.0 Å². The number of ether oxygens (including phenoxy) is 2. The lowest BCUT2D eigenvalue weighted by Gasteiger charge is -2.38. The average Bonchev–Trinajstić information content (AvgIpc) is 2.37. The highest BCUT2D eigenvalue weighted by Gasteiger charge is 2.39. The van der Waals surface area contributed by atoms with Crippen LogP contribution in [0.2, 0.25) is 18.1 Å². The predicted molar refractivity (Wildman–Crippen MR) is 92.5 cm³/mol. The fourth-order valence-electron chi connectivity index (χ4n) is 1.62. The predicted octanol–water partition coefficient (Wildman–Crippen LogP) is 3.24. The minimum atomic E-state index is -1.93. The second-order valence-corrected chi connectivity index (χ2v) is 13.5. The largest absolute Gasteiger partial charge is 0.432 e. The zero-order valence-electron chi connectivity index (χ0n) is 15.7. The first-order chi connectivity index (χ1) is 10.2. The van der Waals surface area contributed by atoms with E-state index in [2.05, 4.69) is 33.9 Å². The summed E-state index contributed by atoms with van der Waals surface area (Å²) in [5.41, 5.74) is -0.597. The van der Waals surface area contributed by atoms with Gasteiger partial charge in [-0.15, -0.1) is 0 Å². The van der Waals surface area contributed by atoms with Crippen LogP contribution < -0.4 is 0 Å². The molecule has 1 N–H and O–H groups in total. The summed E-state index contributed by atoms with van der Waals surface area (Å²) in [5.74, 6) is -0.340. The van der Waals surface area contributed by atoms with E-state index in [1.807, 2.05) is 0 Å². The fraction of sp³-hybridized carbons (Fsp3) is 0.824. The van der Waals surface area contributed by atoms with E-state index >= 15 is 0 Å². The molecule has 0 aliphatic carbocycles. The molecule has 0 unspecified atom stereocenters. The molecular weight excluding hydrogens is 312 g/mol. The third-order valence-corrected chi connectivity index (χ3v) is 8.91. The number of aliphatic hydroxyl groups excluding tert-OH is 1. The number of carbonyl (C=O) groups excluding carboxylic acids is 1. The second kappa shape index (κ2) is 7.05. The van der Waals surface area contributed by atoms with E-state index in [0.29, 0.717) is 0 Å². The maximum Gasteiger partial charge on any atom is 0.313 e. The third-order valence-electron chi connectivity index (χ3n) is 4.41. The van der Waals surface area contributed by atoms with E-state index in [-0.39, 0.29) is 17.6 Å². The van der Waals surface area contributed by atoms with Gasteiger partial charge in [-0.2, -0.15) is 0 Å². The molecule has 3 atom stereocenters. The summed E-state index contributed by atoms with van der Waals surface area (Å²) in [5, 5.41) is 10.1. The summed E-state index contributed by atoms with van der Waals surface area (Å²) in [6.45, 7) is 16.4. The van der Waals surface area contributed by atoms with Gasteiger partial charge in [-0.25, -0.2) is 0 Å². The van der Waals surface area contributed by atoms with Crippen LogP contribution >= 0.6 is 0 Å². The molecule has 0 spiro atoms. The molecule has 6 heteroatoms. The highest BCUT2D eigenvalue weighted by Crippen LogP contribution is 2.37. The van der Waals surface area contributed by atoms with Gasteiger partial charge in [-0.05, 0) is 45.0 Å². The maximum absolute atomic E-state index is 11.9. The highest BCUT2D eigenvalue weighted by molar-refractivity contribution is 6.74. The molecule has 23 heavy (non-hydrogen) atoms. The maximum atomic E-state index is 11.9. The number of hydrogen-bond donors (Lipinski definition) is 1. The van der Waals surface area contributed by atoms with Crippen molar-refractivity contribution in [3.05, 3.63) is 12.2 Å². The summed E-state index contributed by atoms with van der Waals surface area (Å²) in [6.07, 6.45) is 1.09. The van der Waals surface area contributed by atoms with E-state index < -0.39 is 32.2 Å². The van der Waals surface area contributed by atoms with Gasteiger partial charge in [0.15, 0.2) is 8.32 Å². The molecule has 134 valence electrons. The number of hydrogen-bond acceptors (Lipinski definition) is 5. The number of esters is 1. The van der Waals surface area contributed by atoms with E-state index in [1.165, 1.54) is 0 Å². The molecule has 0 radical (unpaired) electrons. The SMILES string of the molecule is CC(C)(C)C(=O)O[C@@H]1C=C[C@@H](O)[C@@H](CO[Si](C)(C)C(C)(C)C)O1. The van der Waals surface area contributed by atoms with Crippen molar-refractivity contribution in [1.82, 2.24) is 0 Å². The van der Waals surface area contributed by atoms with Crippen LogP contribution in [-0.4, -0.2) is 44.5 Å². The Balaban J connectivity index is 2.65. The van der Waals surface area contributed by atoms with Crippen LogP contribution in [-0.2, 0) is 18.7 Å². The van der Waals surface area contributed by atoms with Crippen LogP contribution in [0.5, 0.6) is 0 Å². The first-order valence-electron chi connectivity index (χ1n) is 8.11. The van der Waals surface area contributed by atoms with E-state index in [0.717, 1.165) is 0 Å². The fourth-order valence-corrected chi connectivity index (χ4v) is 2.63. The van der Waals surface area contributed by atoms with Gasteiger partial charge in [0.2, 0.25) is 6.29 Å². The minimum Gasteiger partial charge on any atom is -0.432 e. The first kappa shape index (κ1) is 20.4. The molecule has 0 amide bonds. The van der Waals surface area contributed by atoms with Crippen LogP contribution in [0.25, 0.3) is 0 Å². The van der Waals surface area contributed by atoms with E-state index in [9.17, 15) is 9.90 Å². The van der Waals surface area contributed by atoms with Gasteiger partial charge in [0.1, 0.15) is 12.2 Å². The number of carbonyl (C=O) groups is 1. The monoisotopic (exact) mass is 344 g/mol. The third kappa shape index (κ3) is 5.71. The van der Waals surface area contributed by atoms with Crippen LogP contribution in [0.15, 0.2) is 12.2 Å². The molecular formula is C17H32O5Si. The zero-order valence-corrected chi connectivity index (χ0v) is 16.7. The minimum absolute atomic E-state index is 0.0839. The first-order valence-corrected chi connectivity index (χ1v) is 11.0. The Labute approximate surface area is 141 Å². The van der Waals surface area contributed by atoms with E-state index in [4.69, 9.17) is 13.9 Å². The van der Waals surface area contributed by atoms with Gasteiger partial charge in [-0.1, -0.05) is 26.8 Å². The molecule has 0 saturated carbocycles. The van der Waals surface area contributed by atoms with Crippen LogP contribution in [0.1, 0.15) is 41.5 Å². The Morgan fingerprint density at radius 1 is 1.17 bits per heavy atom. The zero-order chi connectivity index (χ0) is 18.1. The lowest BCUT2D eigenvalue weighted by atomic mass is 9.97. The van der Waals surface area contributed by atoms with Crippen molar-refractivity contribution < 1.29 is 23.8 Å². The van der Waals surface area contributed by atoms with Gasteiger partial charge < -0.3 is 19.0 Å². The number of aliphatic hydroxyl groups is 1. The van der Waals surface area contributed by atoms with Crippen LogP contribution in [0.3, 0.4) is 0 Å². The molecule has 0 aromatic rings. The second-order valence-electron chi connectivity index (χ2n) is 8.65. The summed E-state index contributed by atoms with van der Waals surface area (Å²) in [4.78, 5) is 11.9. The van der Waals surface area contributed by atoms with Crippen LogP contribution in [0.4, 0.5) is 0 Å². The quantitative estimate of drug-likeness (QED) is 0.482. The lowest BCUT2D eigenvalue weighted by Crippen LogP contribution is -2.47. The summed E-state index contributed by atoms with van der Waals surface area (Å²) in [6, 6.07) is 0. The van der Waals surface area contributed by atoms with Gasteiger partial charge in [-0.3, -0.25) is 4.79 Å². The van der Waals surface area contributed by atoms with Crippen molar-refractivity contribution in [2.75, 3.05) is 6.61 Å². The van der Waals surface area contributed by atoms with Crippen LogP contribution in [0, 0.1) is 5.41 Å². The van der Waals surface area contributed by atoms with Crippen molar-refractivity contribution >= 4 is 14.3 Å². The molecule has 1 heterocycles. The molecule has 1 rings (SSSR count). The van der Waals surface area contributed by atoms with Crippen molar-refractivity contribution in [1.29, 1.82) is 0 Å². The van der Waals surface area contributed by atoms with Gasteiger partial charge in [0.05, 0.1) is 12.0 Å². The Kier molecular flexibility index (Phi) is 6.24. The van der Waals surface area contributed by atoms with Gasteiger partial charge in [0, 0.05) is 0 Å². The molecule has 1 aliphatic rings. The molecule has 0 fully saturated rings. The lowest BCUT2D eigenvalue weighted by molar-refractivity contribution is -0.199. The summed E-state index contributed by atoms with van der Waals surface area (Å²) < 4.78 is 17.1. The van der Waals surface area contributed by atoms with Crippen molar-refractivity contribution in [2.45, 2.75) is 78.2 Å². The number of rotatable bonds is 4. The Bertz CT molecular complexity index is 445. The molecule has 1 aliphatic heterocycles. The Hall–Kier alpha value is -0.693. The molecule has 0 aromatic heterocycles. The molecule has 0 aromatic carbocycles. The van der Waals surface area contributed by atoms with Gasteiger partial charge >= 0.3 is 5.97 Å². The molecule has 5 nitrogen and oxygen atoms in total. The summed E-state index contributed by atoms with van der Waals surface area (Å²) in [7, 11) is -1.93. The van der Waals surface area contributed by atoms with E-state index in [1.54, 1.807) is 32.9 Å². The Morgan fingerprint density at radius 3 is 2.22 bits per heavy atom. The molecule has 0 saturated heterocycles. The van der Waals surface area contributed by atoms with Gasteiger partial charge in [0.25, 0.3) is 0 Å². The normalized spacial score (nSPS) is 26.2. The Morgan fingerprint density at radius 2 is 1.74 bits per heavy atom. The average molecular weight is 345 g/mol. The summed E-state index contributed by atoms with van der Waals surface area (Å²) >= 11 is 0. The smallest absolute Gasteiger partial charge is 0.313 e. The highest BCUT2D eigenvalue weighted by atomic mass is 28.4. The van der Waals surface area contributed by atoms with Crippen molar-refractivity contribution in [2.24, 2.45) is 5.41 Å². The van der Waals surface area contributed by atoms with Crippen molar-refractivity contribution in [3.63, 3.8) is 0 Å².